The predicted molar refractivity (Wildman–Crippen MR) is 37.7 cm³/mol. The zero-order valence-corrected chi connectivity index (χ0v) is 5.64. The summed E-state index contributed by atoms with van der Waals surface area (Å²) in [5.74, 6) is 0. The molecule has 0 spiro atoms. The van der Waals surface area contributed by atoms with Crippen LogP contribution in [0, 0.1) is 10.0 Å². The maximum atomic E-state index is 12.2. The van der Waals surface area contributed by atoms with E-state index in [4.69, 9.17) is 0 Å². The van der Waals surface area contributed by atoms with Crippen molar-refractivity contribution >= 4 is 17.6 Å². The maximum absolute atomic E-state index is 12.2. The van der Waals surface area contributed by atoms with E-state index in [0.717, 1.165) is 11.3 Å². The molecular weight excluding hydrogens is 155 g/mol. The molecule has 52 valence electrons. The highest BCUT2D eigenvalue weighted by molar-refractivity contribution is 7.12. The minimum absolute atomic E-state index is 0.299. The second-order valence-electron chi connectivity index (χ2n) is 1.47. The Labute approximate surface area is 60.2 Å². The van der Waals surface area contributed by atoms with E-state index >= 15 is 0 Å². The van der Waals surface area contributed by atoms with Gasteiger partial charge in [-0.25, -0.2) is 0 Å². The van der Waals surface area contributed by atoms with Gasteiger partial charge in [-0.05, 0) is 12.1 Å². The fraction of sp³-hybridized carbons (Fsp3) is 0. The summed E-state index contributed by atoms with van der Waals surface area (Å²) >= 11 is 0.913. The van der Waals surface area contributed by atoms with Crippen LogP contribution in [-0.2, 0) is 0 Å². The summed E-state index contributed by atoms with van der Waals surface area (Å²) < 4.78 is 12.2. The van der Waals surface area contributed by atoms with Crippen LogP contribution in [0.25, 0.3) is 0 Å². The van der Waals surface area contributed by atoms with Gasteiger partial charge in [0.15, 0.2) is 5.13 Å². The fourth-order valence-corrected chi connectivity index (χ4v) is 1.08. The van der Waals surface area contributed by atoms with Gasteiger partial charge in [-0.1, -0.05) is 0 Å². The van der Waals surface area contributed by atoms with E-state index in [1.54, 1.807) is 0 Å². The van der Waals surface area contributed by atoms with Gasteiger partial charge in [-0.15, -0.1) is 21.3 Å². The average Bonchev–Trinajstić information content (AvgIpc) is 2.31. The first-order valence-electron chi connectivity index (χ1n) is 2.44. The van der Waals surface area contributed by atoms with E-state index in [-0.39, 0.29) is 5.13 Å². The van der Waals surface area contributed by atoms with E-state index in [1.807, 2.05) is 0 Å². The normalized spacial score (nSPS) is 10.5. The van der Waals surface area contributed by atoms with Gasteiger partial charge >= 0.3 is 0 Å². The Morgan fingerprint density at radius 1 is 1.60 bits per heavy atom. The molecule has 3 nitrogen and oxygen atoms in total. The van der Waals surface area contributed by atoms with E-state index in [1.165, 1.54) is 18.3 Å². The largest absolute Gasteiger partial charge is 0.195 e. The Kier molecular flexibility index (Phi) is 2.22. The van der Waals surface area contributed by atoms with Crippen molar-refractivity contribution in [1.29, 1.82) is 0 Å². The molecule has 0 saturated carbocycles. The zero-order valence-electron chi connectivity index (χ0n) is 4.82. The number of rotatable bonds is 2. The second kappa shape index (κ2) is 3.17. The van der Waals surface area contributed by atoms with Gasteiger partial charge in [-0.2, -0.15) is 4.39 Å². The number of hydrogen-bond donors (Lipinski definition) is 0. The first-order valence-corrected chi connectivity index (χ1v) is 3.25. The number of nitrogens with zero attached hydrogens (tertiary/aromatic N) is 2. The van der Waals surface area contributed by atoms with Gasteiger partial charge in [0.2, 0.25) is 0 Å². The van der Waals surface area contributed by atoms with Crippen LogP contribution in [0.15, 0.2) is 22.5 Å². The summed E-state index contributed by atoms with van der Waals surface area (Å²) in [6.07, 6.45) is 1.21. The molecular formula is C5H3FN2OS. The first kappa shape index (κ1) is 7.01. The SMILES string of the molecule is O=N/N=C\c1ccc(F)s1. The number of thiophene rings is 1. The smallest absolute Gasteiger partial charge is 0.177 e. The van der Waals surface area contributed by atoms with E-state index in [2.05, 4.69) is 10.4 Å². The molecule has 1 aromatic rings. The molecule has 1 aromatic heterocycles. The Balaban J connectivity index is 2.75. The Morgan fingerprint density at radius 3 is 2.90 bits per heavy atom. The Morgan fingerprint density at radius 2 is 2.40 bits per heavy atom. The molecule has 1 rings (SSSR count). The maximum Gasteiger partial charge on any atom is 0.177 e. The third kappa shape index (κ3) is 1.70. The lowest BCUT2D eigenvalue weighted by Gasteiger charge is -1.73. The average molecular weight is 158 g/mol. The van der Waals surface area contributed by atoms with Crippen molar-refractivity contribution < 1.29 is 4.39 Å². The molecule has 0 N–H and O–H groups in total. The minimum Gasteiger partial charge on any atom is -0.195 e. The lowest BCUT2D eigenvalue weighted by atomic mass is 10.5. The van der Waals surface area contributed by atoms with Crippen LogP contribution >= 0.6 is 11.3 Å². The lowest BCUT2D eigenvalue weighted by molar-refractivity contribution is 0.657. The number of nitroso groups, excluding NO2 is 1. The van der Waals surface area contributed by atoms with Gasteiger partial charge in [-0.3, -0.25) is 0 Å². The topological polar surface area (TPSA) is 41.8 Å². The molecule has 5 heteroatoms. The van der Waals surface area contributed by atoms with Crippen LogP contribution in [0.3, 0.4) is 0 Å². The third-order valence-corrected chi connectivity index (χ3v) is 1.63. The van der Waals surface area contributed by atoms with Crippen LogP contribution in [0.1, 0.15) is 4.88 Å². The minimum atomic E-state index is -0.299. The summed E-state index contributed by atoms with van der Waals surface area (Å²) in [6.45, 7) is 0. The second-order valence-corrected chi connectivity index (χ2v) is 2.53. The lowest BCUT2D eigenvalue weighted by Crippen LogP contribution is -1.66. The van der Waals surface area contributed by atoms with Crippen molar-refractivity contribution in [3.8, 4) is 0 Å². The molecule has 0 aliphatic heterocycles. The molecule has 0 aliphatic rings. The zero-order chi connectivity index (χ0) is 7.40. The van der Waals surface area contributed by atoms with Crippen molar-refractivity contribution in [2.75, 3.05) is 0 Å². The van der Waals surface area contributed by atoms with Gasteiger partial charge < -0.3 is 0 Å². The standard InChI is InChI=1S/C5H3FN2OS/c6-5-2-1-4(10-5)3-7-8-9/h1-3H/b7-3-. The van der Waals surface area contributed by atoms with Gasteiger partial charge in [0.05, 0.1) is 16.4 Å². The summed E-state index contributed by atoms with van der Waals surface area (Å²) in [5, 5.41) is 4.99. The van der Waals surface area contributed by atoms with Gasteiger partial charge in [0, 0.05) is 0 Å². The van der Waals surface area contributed by atoms with E-state index in [9.17, 15) is 9.30 Å². The molecule has 0 unspecified atom stereocenters. The van der Waals surface area contributed by atoms with Crippen molar-refractivity contribution in [2.45, 2.75) is 0 Å². The number of hydrogen-bond acceptors (Lipinski definition) is 3. The van der Waals surface area contributed by atoms with Gasteiger partial charge in [0.1, 0.15) is 0 Å². The van der Waals surface area contributed by atoms with E-state index in [0.29, 0.717) is 4.88 Å². The Hall–Kier alpha value is -1.10. The third-order valence-electron chi connectivity index (χ3n) is 0.826. The molecule has 0 amide bonds. The predicted octanol–water partition coefficient (Wildman–Crippen LogP) is 1.99. The highest BCUT2D eigenvalue weighted by Gasteiger charge is 1.93. The van der Waals surface area contributed by atoms with Crippen LogP contribution in [0.5, 0.6) is 0 Å². The van der Waals surface area contributed by atoms with Crippen LogP contribution in [0.2, 0.25) is 0 Å². The van der Waals surface area contributed by atoms with Gasteiger partial charge in [0.25, 0.3) is 0 Å². The molecule has 0 bridgehead atoms. The van der Waals surface area contributed by atoms with Crippen LogP contribution in [0.4, 0.5) is 4.39 Å². The fourth-order valence-electron chi connectivity index (χ4n) is 0.478. The molecule has 0 radical (unpaired) electrons. The highest BCUT2D eigenvalue weighted by atomic mass is 32.1. The summed E-state index contributed by atoms with van der Waals surface area (Å²) in [4.78, 5) is 10.0. The molecule has 0 aliphatic carbocycles. The molecule has 0 aromatic carbocycles. The number of halogens is 1. The summed E-state index contributed by atoms with van der Waals surface area (Å²) in [5.41, 5.74) is 0. The Bertz CT molecular complexity index is 258. The summed E-state index contributed by atoms with van der Waals surface area (Å²) in [7, 11) is 0. The molecule has 0 fully saturated rings. The van der Waals surface area contributed by atoms with Crippen molar-refractivity contribution in [3.63, 3.8) is 0 Å². The summed E-state index contributed by atoms with van der Waals surface area (Å²) in [6, 6.07) is 2.82. The van der Waals surface area contributed by atoms with Crippen molar-refractivity contribution in [2.24, 2.45) is 10.4 Å². The highest BCUT2D eigenvalue weighted by Crippen LogP contribution is 2.11. The first-order chi connectivity index (χ1) is 4.83. The molecule has 0 saturated heterocycles. The quantitative estimate of drug-likeness (QED) is 0.368. The van der Waals surface area contributed by atoms with Crippen molar-refractivity contribution in [3.05, 3.63) is 27.0 Å². The van der Waals surface area contributed by atoms with Crippen LogP contribution < -0.4 is 0 Å². The van der Waals surface area contributed by atoms with E-state index < -0.39 is 0 Å². The monoisotopic (exact) mass is 158 g/mol. The van der Waals surface area contributed by atoms with Crippen LogP contribution in [-0.4, -0.2) is 6.21 Å². The molecule has 10 heavy (non-hydrogen) atoms. The van der Waals surface area contributed by atoms with Crippen molar-refractivity contribution in [1.82, 2.24) is 0 Å². The molecule has 0 atom stereocenters. The molecule has 1 heterocycles.